The van der Waals surface area contributed by atoms with Crippen LogP contribution in [0, 0.1) is 6.92 Å². The lowest BCUT2D eigenvalue weighted by molar-refractivity contribution is 0.0827. The lowest BCUT2D eigenvalue weighted by Gasteiger charge is -2.11. The highest BCUT2D eigenvalue weighted by Crippen LogP contribution is 2.22. The molecule has 0 aliphatic carbocycles. The number of urea groups is 1. The van der Waals surface area contributed by atoms with E-state index in [4.69, 9.17) is 11.6 Å². The third-order valence-electron chi connectivity index (χ3n) is 4.29. The van der Waals surface area contributed by atoms with Crippen LogP contribution in [0.5, 0.6) is 0 Å². The van der Waals surface area contributed by atoms with Gasteiger partial charge in [-0.25, -0.2) is 9.48 Å². The highest BCUT2D eigenvalue weighted by Gasteiger charge is 2.12. The summed E-state index contributed by atoms with van der Waals surface area (Å²) in [7, 11) is 3.40. The van der Waals surface area contributed by atoms with Crippen molar-refractivity contribution in [2.75, 3.05) is 26.0 Å². The molecule has 0 unspecified atom stereocenters. The fourth-order valence-corrected chi connectivity index (χ4v) is 2.89. The Morgan fingerprint density at radius 2 is 2.00 bits per heavy atom. The van der Waals surface area contributed by atoms with Crippen molar-refractivity contribution < 1.29 is 9.59 Å². The molecule has 0 saturated carbocycles. The largest absolute Gasteiger partial charge is 0.345 e. The normalized spacial score (nSPS) is 10.7. The molecular formula is C19H21ClN6O2. The van der Waals surface area contributed by atoms with E-state index in [-0.39, 0.29) is 11.9 Å². The maximum atomic E-state index is 12.1. The van der Waals surface area contributed by atoms with Crippen LogP contribution >= 0.6 is 11.6 Å². The van der Waals surface area contributed by atoms with Crippen molar-refractivity contribution in [2.45, 2.75) is 13.5 Å². The van der Waals surface area contributed by atoms with Crippen LogP contribution in [0.3, 0.4) is 0 Å². The first-order valence-electron chi connectivity index (χ1n) is 8.71. The molecule has 1 heterocycles. The van der Waals surface area contributed by atoms with Crippen molar-refractivity contribution in [1.82, 2.24) is 25.2 Å². The number of nitrogens with one attached hydrogen (secondary N) is 2. The van der Waals surface area contributed by atoms with Crippen LogP contribution < -0.4 is 10.6 Å². The van der Waals surface area contributed by atoms with Crippen LogP contribution in [0.25, 0.3) is 11.0 Å². The van der Waals surface area contributed by atoms with Gasteiger partial charge in [0.05, 0.1) is 12.1 Å². The molecular weight excluding hydrogens is 380 g/mol. The van der Waals surface area contributed by atoms with Crippen molar-refractivity contribution in [3.05, 3.63) is 52.5 Å². The van der Waals surface area contributed by atoms with E-state index < -0.39 is 0 Å². The predicted molar refractivity (Wildman–Crippen MR) is 109 cm³/mol. The van der Waals surface area contributed by atoms with Gasteiger partial charge in [-0.3, -0.25) is 4.79 Å². The molecule has 3 rings (SSSR count). The number of fused-ring (bicyclic) bond motifs is 1. The van der Waals surface area contributed by atoms with Gasteiger partial charge >= 0.3 is 6.03 Å². The molecule has 1 aromatic heterocycles. The Morgan fingerprint density at radius 3 is 2.75 bits per heavy atom. The molecule has 0 spiro atoms. The maximum absolute atomic E-state index is 12.1. The minimum atomic E-state index is -0.325. The highest BCUT2D eigenvalue weighted by atomic mass is 35.5. The van der Waals surface area contributed by atoms with E-state index in [9.17, 15) is 9.59 Å². The van der Waals surface area contributed by atoms with Crippen LogP contribution in [-0.2, 0) is 6.54 Å². The number of carbonyl (C=O) groups excluding carboxylic acids is 2. The molecule has 2 N–H and O–H groups in total. The Morgan fingerprint density at radius 1 is 1.21 bits per heavy atom. The number of benzene rings is 2. The molecule has 28 heavy (non-hydrogen) atoms. The number of carbonyl (C=O) groups is 2. The molecule has 0 radical (unpaired) electrons. The molecule has 0 atom stereocenters. The zero-order valence-corrected chi connectivity index (χ0v) is 16.6. The van der Waals surface area contributed by atoms with E-state index in [1.165, 1.54) is 4.90 Å². The summed E-state index contributed by atoms with van der Waals surface area (Å²) in [6.07, 6.45) is 0. The first-order valence-corrected chi connectivity index (χ1v) is 9.09. The van der Waals surface area contributed by atoms with Gasteiger partial charge in [-0.05, 0) is 42.8 Å². The number of anilines is 1. The van der Waals surface area contributed by atoms with Gasteiger partial charge in [0, 0.05) is 36.9 Å². The first kappa shape index (κ1) is 19.6. The summed E-state index contributed by atoms with van der Waals surface area (Å²) in [6.45, 7) is 2.65. The van der Waals surface area contributed by atoms with Gasteiger partial charge in [0.15, 0.2) is 0 Å². The molecule has 8 nitrogen and oxygen atoms in total. The fraction of sp³-hybridized carbons (Fsp3) is 0.263. The monoisotopic (exact) mass is 400 g/mol. The molecule has 0 aliphatic rings. The lowest BCUT2D eigenvalue weighted by Crippen LogP contribution is -2.31. The summed E-state index contributed by atoms with van der Waals surface area (Å²) in [5.74, 6) is -0.0916. The van der Waals surface area contributed by atoms with E-state index in [1.807, 2.05) is 13.0 Å². The minimum absolute atomic E-state index is 0.0916. The summed E-state index contributed by atoms with van der Waals surface area (Å²) >= 11 is 6.06. The smallest absolute Gasteiger partial charge is 0.319 e. The predicted octanol–water partition coefficient (Wildman–Crippen LogP) is 2.92. The van der Waals surface area contributed by atoms with Crippen molar-refractivity contribution in [3.8, 4) is 0 Å². The molecule has 0 bridgehead atoms. The number of nitrogens with zero attached hydrogens (tertiary/aromatic N) is 4. The lowest BCUT2D eigenvalue weighted by atomic mass is 10.2. The van der Waals surface area contributed by atoms with Crippen molar-refractivity contribution in [3.63, 3.8) is 0 Å². The van der Waals surface area contributed by atoms with Crippen LogP contribution in [0.1, 0.15) is 15.9 Å². The van der Waals surface area contributed by atoms with E-state index in [0.717, 1.165) is 11.1 Å². The van der Waals surface area contributed by atoms with Gasteiger partial charge in [0.25, 0.3) is 5.91 Å². The second kappa shape index (κ2) is 8.26. The Kier molecular flexibility index (Phi) is 5.79. The Labute approximate surface area is 167 Å². The van der Waals surface area contributed by atoms with Gasteiger partial charge in [0.2, 0.25) is 0 Å². The first-order chi connectivity index (χ1) is 13.4. The number of aromatic nitrogens is 3. The van der Waals surface area contributed by atoms with Crippen molar-refractivity contribution in [2.24, 2.45) is 0 Å². The van der Waals surface area contributed by atoms with Crippen LogP contribution in [0.4, 0.5) is 10.5 Å². The number of rotatable bonds is 5. The molecule has 146 valence electrons. The van der Waals surface area contributed by atoms with Crippen molar-refractivity contribution in [1.29, 1.82) is 0 Å². The Bertz CT molecular complexity index is 1030. The highest BCUT2D eigenvalue weighted by molar-refractivity contribution is 6.31. The molecule has 0 aliphatic heterocycles. The summed E-state index contributed by atoms with van der Waals surface area (Å²) in [6, 6.07) is 10.3. The number of halogens is 1. The molecule has 9 heteroatoms. The average molecular weight is 401 g/mol. The third-order valence-corrected chi connectivity index (χ3v) is 4.70. The second-order valence-electron chi connectivity index (χ2n) is 6.51. The van der Waals surface area contributed by atoms with Gasteiger partial charge in [-0.1, -0.05) is 22.9 Å². The molecule has 3 amide bonds. The number of hydrogen-bond acceptors (Lipinski definition) is 4. The summed E-state index contributed by atoms with van der Waals surface area (Å²) in [5.41, 5.74) is 3.45. The summed E-state index contributed by atoms with van der Waals surface area (Å²) in [5, 5.41) is 14.4. The zero-order chi connectivity index (χ0) is 20.3. The Hall–Kier alpha value is -3.13. The summed E-state index contributed by atoms with van der Waals surface area (Å²) < 4.78 is 1.68. The van der Waals surface area contributed by atoms with Gasteiger partial charge in [0.1, 0.15) is 5.52 Å². The van der Waals surface area contributed by atoms with Crippen molar-refractivity contribution >= 4 is 40.3 Å². The zero-order valence-electron chi connectivity index (χ0n) is 15.9. The SMILES string of the molecule is Cc1c(Cl)cccc1NC(=O)NCCn1nnc2cc(C(=O)N(C)C)ccc21. The van der Waals surface area contributed by atoms with Crippen LogP contribution in [-0.4, -0.2) is 52.5 Å². The van der Waals surface area contributed by atoms with E-state index >= 15 is 0 Å². The molecule has 0 saturated heterocycles. The van der Waals surface area contributed by atoms with E-state index in [2.05, 4.69) is 20.9 Å². The Balaban J connectivity index is 1.60. The van der Waals surface area contributed by atoms with Gasteiger partial charge in [-0.15, -0.1) is 5.10 Å². The standard InChI is InChI=1S/C19H21ClN6O2/c1-12-14(20)5-4-6-15(12)22-19(28)21-9-10-26-17-8-7-13(18(27)25(2)3)11-16(17)23-24-26/h4-8,11H,9-10H2,1-3H3,(H2,21,22,28). The van der Waals surface area contributed by atoms with E-state index in [1.54, 1.807) is 49.1 Å². The van der Waals surface area contributed by atoms with E-state index in [0.29, 0.717) is 34.9 Å². The van der Waals surface area contributed by atoms with Crippen LogP contribution in [0.15, 0.2) is 36.4 Å². The average Bonchev–Trinajstić information content (AvgIpc) is 3.07. The second-order valence-corrected chi connectivity index (χ2v) is 6.92. The van der Waals surface area contributed by atoms with Crippen LogP contribution in [0.2, 0.25) is 5.02 Å². The quantitative estimate of drug-likeness (QED) is 0.688. The number of hydrogen-bond donors (Lipinski definition) is 2. The van der Waals surface area contributed by atoms with Gasteiger partial charge in [-0.2, -0.15) is 0 Å². The topological polar surface area (TPSA) is 92.1 Å². The fourth-order valence-electron chi connectivity index (χ4n) is 2.71. The molecule has 3 aromatic rings. The van der Waals surface area contributed by atoms with Gasteiger partial charge < -0.3 is 15.5 Å². The minimum Gasteiger partial charge on any atom is -0.345 e. The number of amides is 3. The maximum Gasteiger partial charge on any atom is 0.319 e. The molecule has 2 aromatic carbocycles. The summed E-state index contributed by atoms with van der Waals surface area (Å²) in [4.78, 5) is 25.7. The third kappa shape index (κ3) is 4.23. The molecule has 0 fully saturated rings.